The number of nitrogens with one attached hydrogen (secondary N) is 1. The highest BCUT2D eigenvalue weighted by Crippen LogP contribution is 2.31. The highest BCUT2D eigenvalue weighted by Gasteiger charge is 2.37. The van der Waals surface area contributed by atoms with Gasteiger partial charge < -0.3 is 15.1 Å². The molecule has 1 saturated heterocycles. The van der Waals surface area contributed by atoms with Crippen molar-refractivity contribution in [3.8, 4) is 0 Å². The first-order valence-corrected chi connectivity index (χ1v) is 9.98. The number of rotatable bonds is 6. The van der Waals surface area contributed by atoms with Crippen molar-refractivity contribution in [1.82, 2.24) is 10.2 Å². The van der Waals surface area contributed by atoms with Crippen molar-refractivity contribution in [3.63, 3.8) is 0 Å². The summed E-state index contributed by atoms with van der Waals surface area (Å²) in [6, 6.07) is 9.71. The van der Waals surface area contributed by atoms with Crippen LogP contribution in [0.15, 0.2) is 36.4 Å². The molecule has 0 spiro atoms. The van der Waals surface area contributed by atoms with Crippen LogP contribution < -0.4 is 10.2 Å². The number of hydrogen-bond donors (Lipinski definition) is 1. The van der Waals surface area contributed by atoms with Crippen LogP contribution in [0.2, 0.25) is 10.0 Å². The quantitative estimate of drug-likeness (QED) is 0.697. The van der Waals surface area contributed by atoms with Gasteiger partial charge in [-0.3, -0.25) is 9.59 Å². The Morgan fingerprint density at radius 3 is 2.66 bits per heavy atom. The lowest BCUT2D eigenvalue weighted by Gasteiger charge is -2.17. The second-order valence-electron chi connectivity index (χ2n) is 7.31. The van der Waals surface area contributed by atoms with Crippen LogP contribution in [0.4, 0.5) is 10.1 Å². The summed E-state index contributed by atoms with van der Waals surface area (Å²) in [6.07, 6.45) is 0.417. The molecule has 1 unspecified atom stereocenters. The van der Waals surface area contributed by atoms with Crippen molar-refractivity contribution in [2.75, 3.05) is 25.5 Å². The summed E-state index contributed by atoms with van der Waals surface area (Å²) in [7, 11) is 3.72. The number of carbonyl (C=O) groups excluding carboxylic acids is 2. The maximum Gasteiger partial charge on any atom is 0.239 e. The molecule has 2 aromatic carbocycles. The minimum atomic E-state index is -0.758. The van der Waals surface area contributed by atoms with Gasteiger partial charge in [0.2, 0.25) is 11.8 Å². The minimum absolute atomic E-state index is 0.232. The SMILES string of the molecule is CN(C)Cc1cc(CNC(=O)C2CCN(c3ccc(Cl)c(Cl)c3)C2=O)ccc1F. The van der Waals surface area contributed by atoms with E-state index in [1.54, 1.807) is 35.2 Å². The molecular weight excluding hydrogens is 416 g/mol. The van der Waals surface area contributed by atoms with Crippen molar-refractivity contribution >= 4 is 40.7 Å². The Morgan fingerprint density at radius 2 is 1.97 bits per heavy atom. The lowest BCUT2D eigenvalue weighted by molar-refractivity contribution is -0.132. The fourth-order valence-electron chi connectivity index (χ4n) is 3.34. The van der Waals surface area contributed by atoms with Gasteiger partial charge in [-0.2, -0.15) is 0 Å². The maximum atomic E-state index is 13.9. The third-order valence-electron chi connectivity index (χ3n) is 4.80. The Bertz CT molecular complexity index is 936. The Balaban J connectivity index is 1.63. The van der Waals surface area contributed by atoms with Crippen molar-refractivity contribution in [1.29, 1.82) is 0 Å². The molecule has 1 fully saturated rings. The first-order chi connectivity index (χ1) is 13.8. The highest BCUT2D eigenvalue weighted by molar-refractivity contribution is 6.42. The van der Waals surface area contributed by atoms with Gasteiger partial charge >= 0.3 is 0 Å². The molecule has 1 aliphatic rings. The van der Waals surface area contributed by atoms with E-state index < -0.39 is 5.92 Å². The van der Waals surface area contributed by atoms with E-state index in [0.29, 0.717) is 40.8 Å². The molecule has 154 valence electrons. The van der Waals surface area contributed by atoms with E-state index in [2.05, 4.69) is 5.32 Å². The Kier molecular flexibility index (Phi) is 6.77. The number of carbonyl (C=O) groups is 2. The predicted octanol–water partition coefficient (Wildman–Crippen LogP) is 3.86. The highest BCUT2D eigenvalue weighted by atomic mass is 35.5. The van der Waals surface area contributed by atoms with E-state index in [9.17, 15) is 14.0 Å². The van der Waals surface area contributed by atoms with Gasteiger partial charge in [-0.1, -0.05) is 29.3 Å². The fourth-order valence-corrected chi connectivity index (χ4v) is 3.64. The van der Waals surface area contributed by atoms with Crippen LogP contribution in [-0.4, -0.2) is 37.4 Å². The second-order valence-corrected chi connectivity index (χ2v) is 8.13. The Labute approximate surface area is 179 Å². The number of hydrogen-bond acceptors (Lipinski definition) is 3. The topological polar surface area (TPSA) is 52.7 Å². The van der Waals surface area contributed by atoms with E-state index in [-0.39, 0.29) is 24.2 Å². The molecule has 5 nitrogen and oxygen atoms in total. The van der Waals surface area contributed by atoms with Gasteiger partial charge in [0.05, 0.1) is 10.0 Å². The number of anilines is 1. The first-order valence-electron chi connectivity index (χ1n) is 9.22. The van der Waals surface area contributed by atoms with Crippen LogP contribution >= 0.6 is 23.2 Å². The average Bonchev–Trinajstić information content (AvgIpc) is 3.05. The Hall–Kier alpha value is -2.15. The van der Waals surface area contributed by atoms with Crippen LogP contribution in [0.5, 0.6) is 0 Å². The number of amides is 2. The molecule has 2 aromatic rings. The summed E-state index contributed by atoms with van der Waals surface area (Å²) in [6.45, 7) is 1.13. The van der Waals surface area contributed by atoms with E-state index in [4.69, 9.17) is 23.2 Å². The molecule has 8 heteroatoms. The van der Waals surface area contributed by atoms with Gasteiger partial charge in [0.15, 0.2) is 0 Å². The lowest BCUT2D eigenvalue weighted by Crippen LogP contribution is -2.36. The molecule has 1 atom stereocenters. The summed E-state index contributed by atoms with van der Waals surface area (Å²) >= 11 is 12.0. The van der Waals surface area contributed by atoms with Crippen molar-refractivity contribution in [2.24, 2.45) is 5.92 Å². The summed E-state index contributed by atoms with van der Waals surface area (Å²) in [5.41, 5.74) is 1.96. The smallest absolute Gasteiger partial charge is 0.239 e. The monoisotopic (exact) mass is 437 g/mol. The molecule has 1 aliphatic heterocycles. The fraction of sp³-hybridized carbons (Fsp3) is 0.333. The summed E-state index contributed by atoms with van der Waals surface area (Å²) in [5, 5.41) is 3.56. The second kappa shape index (κ2) is 9.11. The molecule has 29 heavy (non-hydrogen) atoms. The van der Waals surface area contributed by atoms with Crippen LogP contribution in [0.3, 0.4) is 0 Å². The van der Waals surface area contributed by atoms with Gasteiger partial charge in [0, 0.05) is 30.9 Å². The van der Waals surface area contributed by atoms with Gasteiger partial charge in [0.25, 0.3) is 0 Å². The van der Waals surface area contributed by atoms with Crippen molar-refractivity contribution in [3.05, 3.63) is 63.4 Å². The maximum absolute atomic E-state index is 13.9. The van der Waals surface area contributed by atoms with Gasteiger partial charge in [-0.25, -0.2) is 4.39 Å². The van der Waals surface area contributed by atoms with Crippen LogP contribution in [0.25, 0.3) is 0 Å². The van der Waals surface area contributed by atoms with Gasteiger partial charge in [0.1, 0.15) is 11.7 Å². The van der Waals surface area contributed by atoms with E-state index >= 15 is 0 Å². The zero-order valence-electron chi connectivity index (χ0n) is 16.2. The molecule has 0 aromatic heterocycles. The van der Waals surface area contributed by atoms with Crippen LogP contribution in [0, 0.1) is 11.7 Å². The molecular formula is C21H22Cl2FN3O2. The normalized spacial score (nSPS) is 16.6. The number of halogens is 3. The van der Waals surface area contributed by atoms with E-state index in [1.165, 1.54) is 6.07 Å². The molecule has 2 amide bonds. The molecule has 0 saturated carbocycles. The molecule has 1 heterocycles. The lowest BCUT2D eigenvalue weighted by atomic mass is 10.1. The molecule has 3 rings (SSSR count). The van der Waals surface area contributed by atoms with Crippen LogP contribution in [-0.2, 0) is 22.7 Å². The standard InChI is InChI=1S/C21H22Cl2FN3O2/c1-26(2)12-14-9-13(3-6-19(14)24)11-25-20(28)16-7-8-27(21(16)29)15-4-5-17(22)18(23)10-15/h3-6,9-10,16H,7-8,11-12H2,1-2H3,(H,25,28). The number of benzene rings is 2. The summed E-state index contributed by atoms with van der Waals surface area (Å²) < 4.78 is 13.9. The van der Waals surface area contributed by atoms with E-state index in [1.807, 2.05) is 19.0 Å². The Morgan fingerprint density at radius 1 is 1.21 bits per heavy atom. The predicted molar refractivity (Wildman–Crippen MR) is 113 cm³/mol. The summed E-state index contributed by atoms with van der Waals surface area (Å²) in [5.74, 6) is -1.65. The molecule has 0 aliphatic carbocycles. The molecule has 1 N–H and O–H groups in total. The minimum Gasteiger partial charge on any atom is -0.351 e. The largest absolute Gasteiger partial charge is 0.351 e. The summed E-state index contributed by atoms with van der Waals surface area (Å²) in [4.78, 5) is 28.7. The van der Waals surface area contributed by atoms with Crippen molar-refractivity contribution < 1.29 is 14.0 Å². The average molecular weight is 438 g/mol. The molecule has 0 bridgehead atoms. The third-order valence-corrected chi connectivity index (χ3v) is 5.54. The molecule has 0 radical (unpaired) electrons. The zero-order valence-corrected chi connectivity index (χ0v) is 17.7. The van der Waals surface area contributed by atoms with Gasteiger partial charge in [-0.15, -0.1) is 0 Å². The van der Waals surface area contributed by atoms with Gasteiger partial charge in [-0.05, 0) is 56.4 Å². The van der Waals surface area contributed by atoms with Crippen molar-refractivity contribution in [2.45, 2.75) is 19.5 Å². The first kappa shape index (κ1) is 21.6. The van der Waals surface area contributed by atoms with E-state index in [0.717, 1.165) is 5.56 Å². The van der Waals surface area contributed by atoms with Crippen LogP contribution in [0.1, 0.15) is 17.5 Å². The zero-order chi connectivity index (χ0) is 21.1. The number of nitrogens with zero attached hydrogens (tertiary/aromatic N) is 2. The third kappa shape index (κ3) is 5.07.